The van der Waals surface area contributed by atoms with Crippen molar-refractivity contribution in [3.63, 3.8) is 0 Å². The standard InChI is InChI=1S/C16H11FN4O/c17-13-6-8-14(9-7-13)21(11-18)10-15-19-16(20-22-15)12-4-2-1-3-5-12/h1-9H,10H2. The number of nitriles is 1. The van der Waals surface area contributed by atoms with Crippen LogP contribution in [-0.4, -0.2) is 10.1 Å². The number of anilines is 1. The molecule has 0 bridgehead atoms. The largest absolute Gasteiger partial charge is 0.337 e. The van der Waals surface area contributed by atoms with Gasteiger partial charge in [0, 0.05) is 5.56 Å². The summed E-state index contributed by atoms with van der Waals surface area (Å²) in [4.78, 5) is 5.62. The van der Waals surface area contributed by atoms with Crippen LogP contribution in [0.2, 0.25) is 0 Å². The summed E-state index contributed by atoms with van der Waals surface area (Å²) >= 11 is 0. The molecule has 0 N–H and O–H groups in total. The summed E-state index contributed by atoms with van der Waals surface area (Å²) in [7, 11) is 0. The van der Waals surface area contributed by atoms with Gasteiger partial charge in [-0.25, -0.2) is 4.39 Å². The Balaban J connectivity index is 1.79. The van der Waals surface area contributed by atoms with Crippen LogP contribution in [0.4, 0.5) is 10.1 Å². The van der Waals surface area contributed by atoms with Crippen LogP contribution in [0.3, 0.4) is 0 Å². The highest BCUT2D eigenvalue weighted by Crippen LogP contribution is 2.19. The van der Waals surface area contributed by atoms with Crippen molar-refractivity contribution in [3.8, 4) is 17.6 Å². The Bertz CT molecular complexity index is 793. The maximum atomic E-state index is 12.9. The van der Waals surface area contributed by atoms with Gasteiger partial charge in [-0.1, -0.05) is 35.5 Å². The van der Waals surface area contributed by atoms with Crippen molar-refractivity contribution in [1.29, 1.82) is 5.26 Å². The van der Waals surface area contributed by atoms with Gasteiger partial charge in [0.05, 0.1) is 5.69 Å². The molecule has 108 valence electrons. The second-order valence-electron chi connectivity index (χ2n) is 4.54. The average Bonchev–Trinajstić information content (AvgIpc) is 3.03. The molecule has 22 heavy (non-hydrogen) atoms. The first kappa shape index (κ1) is 13.8. The van der Waals surface area contributed by atoms with E-state index in [2.05, 4.69) is 10.1 Å². The van der Waals surface area contributed by atoms with Crippen molar-refractivity contribution in [1.82, 2.24) is 10.1 Å². The van der Waals surface area contributed by atoms with Crippen LogP contribution in [0.15, 0.2) is 59.1 Å². The van der Waals surface area contributed by atoms with Gasteiger partial charge in [-0.2, -0.15) is 10.2 Å². The molecule has 0 aliphatic rings. The smallest absolute Gasteiger partial charge is 0.247 e. The molecule has 0 amide bonds. The summed E-state index contributed by atoms with van der Waals surface area (Å²) in [6, 6.07) is 15.0. The summed E-state index contributed by atoms with van der Waals surface area (Å²) in [5.41, 5.74) is 1.39. The SMILES string of the molecule is N#CN(Cc1nc(-c2ccccc2)no1)c1ccc(F)cc1. The minimum absolute atomic E-state index is 0.127. The molecule has 0 unspecified atom stereocenters. The maximum absolute atomic E-state index is 12.9. The highest BCUT2D eigenvalue weighted by molar-refractivity contribution is 5.54. The average molecular weight is 294 g/mol. The molecule has 0 saturated heterocycles. The number of benzene rings is 2. The van der Waals surface area contributed by atoms with E-state index in [0.29, 0.717) is 17.4 Å². The van der Waals surface area contributed by atoms with Crippen LogP contribution in [0, 0.1) is 17.3 Å². The van der Waals surface area contributed by atoms with Crippen LogP contribution in [0.1, 0.15) is 5.89 Å². The molecule has 1 heterocycles. The second kappa shape index (κ2) is 6.06. The fourth-order valence-electron chi connectivity index (χ4n) is 1.96. The lowest BCUT2D eigenvalue weighted by molar-refractivity contribution is 0.380. The van der Waals surface area contributed by atoms with Gasteiger partial charge in [0.15, 0.2) is 6.19 Å². The molecule has 3 aromatic rings. The molecule has 0 atom stereocenters. The van der Waals surface area contributed by atoms with E-state index in [4.69, 9.17) is 4.52 Å². The summed E-state index contributed by atoms with van der Waals surface area (Å²) in [5, 5.41) is 13.1. The van der Waals surface area contributed by atoms with Gasteiger partial charge in [-0.05, 0) is 24.3 Å². The number of hydrogen-bond donors (Lipinski definition) is 0. The van der Waals surface area contributed by atoms with Crippen LogP contribution >= 0.6 is 0 Å². The van der Waals surface area contributed by atoms with E-state index in [1.54, 1.807) is 0 Å². The zero-order valence-corrected chi connectivity index (χ0v) is 11.5. The van der Waals surface area contributed by atoms with Crippen LogP contribution in [0.5, 0.6) is 0 Å². The molecule has 0 spiro atoms. The van der Waals surface area contributed by atoms with Crippen molar-refractivity contribution in [2.24, 2.45) is 0 Å². The molecule has 0 fully saturated rings. The Labute approximate surface area is 126 Å². The summed E-state index contributed by atoms with van der Waals surface area (Å²) < 4.78 is 18.1. The minimum atomic E-state index is -0.356. The normalized spacial score (nSPS) is 10.2. The number of hydrogen-bond acceptors (Lipinski definition) is 5. The van der Waals surface area contributed by atoms with E-state index in [0.717, 1.165) is 5.56 Å². The lowest BCUT2D eigenvalue weighted by Gasteiger charge is -2.12. The Morgan fingerprint density at radius 3 is 2.50 bits per heavy atom. The lowest BCUT2D eigenvalue weighted by atomic mass is 10.2. The molecule has 0 aliphatic carbocycles. The Kier molecular flexibility index (Phi) is 3.79. The molecule has 5 nitrogen and oxygen atoms in total. The number of aromatic nitrogens is 2. The Hall–Kier alpha value is -3.20. The van der Waals surface area contributed by atoms with E-state index >= 15 is 0 Å². The molecular weight excluding hydrogens is 283 g/mol. The van der Waals surface area contributed by atoms with Gasteiger partial charge in [0.2, 0.25) is 11.7 Å². The number of rotatable bonds is 4. The van der Waals surface area contributed by atoms with Crippen molar-refractivity contribution < 1.29 is 8.91 Å². The third-order valence-corrected chi connectivity index (χ3v) is 3.05. The Morgan fingerprint density at radius 2 is 1.82 bits per heavy atom. The highest BCUT2D eigenvalue weighted by atomic mass is 19.1. The molecule has 3 rings (SSSR count). The fraction of sp³-hybridized carbons (Fsp3) is 0.0625. The van der Waals surface area contributed by atoms with Gasteiger partial charge in [-0.3, -0.25) is 4.90 Å². The molecule has 6 heteroatoms. The summed E-state index contributed by atoms with van der Waals surface area (Å²) in [6.45, 7) is 0.127. The van der Waals surface area contributed by atoms with Gasteiger partial charge >= 0.3 is 0 Å². The van der Waals surface area contributed by atoms with E-state index in [9.17, 15) is 9.65 Å². The summed E-state index contributed by atoms with van der Waals surface area (Å²) in [6.07, 6.45) is 2.02. The quantitative estimate of drug-likeness (QED) is 0.545. The van der Waals surface area contributed by atoms with E-state index in [1.807, 2.05) is 36.5 Å². The molecular formula is C16H11FN4O. The zero-order chi connectivity index (χ0) is 15.4. The topological polar surface area (TPSA) is 66.0 Å². The van der Waals surface area contributed by atoms with Crippen LogP contribution in [0.25, 0.3) is 11.4 Å². The predicted octanol–water partition coefficient (Wildman–Crippen LogP) is 3.36. The van der Waals surface area contributed by atoms with E-state index in [1.165, 1.54) is 29.2 Å². The third kappa shape index (κ3) is 2.94. The Morgan fingerprint density at radius 1 is 1.09 bits per heavy atom. The van der Waals surface area contributed by atoms with E-state index < -0.39 is 0 Å². The minimum Gasteiger partial charge on any atom is -0.337 e. The predicted molar refractivity (Wildman–Crippen MR) is 77.9 cm³/mol. The third-order valence-electron chi connectivity index (χ3n) is 3.05. The number of halogens is 1. The molecule has 0 radical (unpaired) electrons. The lowest BCUT2D eigenvalue weighted by Crippen LogP contribution is -2.15. The van der Waals surface area contributed by atoms with Crippen LogP contribution < -0.4 is 4.90 Å². The van der Waals surface area contributed by atoms with Crippen LogP contribution in [-0.2, 0) is 6.54 Å². The van der Waals surface area contributed by atoms with Crippen molar-refractivity contribution in [2.75, 3.05) is 4.90 Å². The monoisotopic (exact) mass is 294 g/mol. The zero-order valence-electron chi connectivity index (χ0n) is 11.5. The molecule has 2 aromatic carbocycles. The van der Waals surface area contributed by atoms with Crippen molar-refractivity contribution in [2.45, 2.75) is 6.54 Å². The van der Waals surface area contributed by atoms with Gasteiger partial charge in [0.25, 0.3) is 0 Å². The maximum Gasteiger partial charge on any atom is 0.247 e. The van der Waals surface area contributed by atoms with Crippen molar-refractivity contribution >= 4 is 5.69 Å². The first-order valence-corrected chi connectivity index (χ1v) is 6.57. The van der Waals surface area contributed by atoms with Gasteiger partial charge in [-0.15, -0.1) is 0 Å². The first-order chi connectivity index (χ1) is 10.8. The number of nitrogens with zero attached hydrogens (tertiary/aromatic N) is 4. The first-order valence-electron chi connectivity index (χ1n) is 6.57. The summed E-state index contributed by atoms with van der Waals surface area (Å²) in [5.74, 6) is 0.420. The van der Waals surface area contributed by atoms with Gasteiger partial charge < -0.3 is 4.52 Å². The van der Waals surface area contributed by atoms with Crippen molar-refractivity contribution in [3.05, 3.63) is 66.3 Å². The van der Waals surface area contributed by atoms with Gasteiger partial charge in [0.1, 0.15) is 12.4 Å². The fourth-order valence-corrected chi connectivity index (χ4v) is 1.96. The second-order valence-corrected chi connectivity index (χ2v) is 4.54. The molecule has 0 saturated carbocycles. The van der Waals surface area contributed by atoms with E-state index in [-0.39, 0.29) is 12.4 Å². The highest BCUT2D eigenvalue weighted by Gasteiger charge is 2.13. The molecule has 0 aliphatic heterocycles. The molecule has 1 aromatic heterocycles.